The minimum Gasteiger partial charge on any atom is -0.377 e. The average molecular weight is 291 g/mol. The molecule has 1 amide bonds. The van der Waals surface area contributed by atoms with Crippen molar-refractivity contribution >= 4 is 17.3 Å². The highest BCUT2D eigenvalue weighted by molar-refractivity contribution is 6.00. The van der Waals surface area contributed by atoms with Gasteiger partial charge in [-0.3, -0.25) is 14.9 Å². The Hall–Kier alpha value is -2.11. The highest BCUT2D eigenvalue weighted by atomic mass is 16.6. The topological polar surface area (TPSA) is 66.7 Å². The normalized spacial score (nSPS) is 15.9. The van der Waals surface area contributed by atoms with E-state index in [9.17, 15) is 14.9 Å². The first-order valence-electron chi connectivity index (χ1n) is 7.15. The lowest BCUT2D eigenvalue weighted by atomic mass is 9.98. The zero-order valence-electron chi connectivity index (χ0n) is 12.7. The quantitative estimate of drug-likeness (QED) is 0.634. The van der Waals surface area contributed by atoms with Gasteiger partial charge in [-0.05, 0) is 24.8 Å². The fourth-order valence-electron chi connectivity index (χ4n) is 2.58. The molecule has 21 heavy (non-hydrogen) atoms. The summed E-state index contributed by atoms with van der Waals surface area (Å²) in [7, 11) is 3.66. The van der Waals surface area contributed by atoms with E-state index < -0.39 is 4.92 Å². The van der Waals surface area contributed by atoms with Crippen LogP contribution in [0.25, 0.3) is 0 Å². The number of benzene rings is 1. The van der Waals surface area contributed by atoms with Crippen LogP contribution in [-0.4, -0.2) is 42.9 Å². The minimum atomic E-state index is -0.464. The molecule has 1 saturated heterocycles. The molecule has 6 nitrogen and oxygen atoms in total. The van der Waals surface area contributed by atoms with Gasteiger partial charge in [-0.25, -0.2) is 0 Å². The van der Waals surface area contributed by atoms with Crippen LogP contribution >= 0.6 is 0 Å². The maximum atomic E-state index is 12.7. The van der Waals surface area contributed by atoms with Crippen LogP contribution in [0.1, 0.15) is 30.1 Å². The first kappa shape index (κ1) is 15.3. The molecule has 0 atom stereocenters. The second-order valence-electron chi connectivity index (χ2n) is 5.83. The molecule has 0 spiro atoms. The lowest BCUT2D eigenvalue weighted by Crippen LogP contribution is -2.38. The van der Waals surface area contributed by atoms with Crippen molar-refractivity contribution in [2.75, 3.05) is 32.1 Å². The van der Waals surface area contributed by atoms with Gasteiger partial charge in [0.25, 0.3) is 11.6 Å². The van der Waals surface area contributed by atoms with Crippen LogP contribution < -0.4 is 4.90 Å². The fourth-order valence-corrected chi connectivity index (χ4v) is 2.58. The number of likely N-dealkylation sites (tertiary alicyclic amines) is 1. The Labute approximate surface area is 124 Å². The molecule has 0 bridgehead atoms. The average Bonchev–Trinajstić information content (AvgIpc) is 2.46. The number of hydrogen-bond donors (Lipinski definition) is 0. The number of hydrogen-bond acceptors (Lipinski definition) is 4. The second kappa shape index (κ2) is 6.11. The number of nitro groups is 1. The SMILES string of the molecule is CC1CCN(C(=O)c2cc([N+](=O)[O-])ccc2N(C)C)CC1. The van der Waals surface area contributed by atoms with Crippen LogP contribution in [0.3, 0.4) is 0 Å². The Bertz CT molecular complexity index is 549. The van der Waals surface area contributed by atoms with E-state index in [0.717, 1.165) is 25.9 Å². The van der Waals surface area contributed by atoms with Crippen molar-refractivity contribution in [1.29, 1.82) is 0 Å². The maximum Gasteiger partial charge on any atom is 0.270 e. The number of nitrogens with zero attached hydrogens (tertiary/aromatic N) is 3. The molecule has 1 aliphatic heterocycles. The molecule has 6 heteroatoms. The van der Waals surface area contributed by atoms with Crippen LogP contribution in [0.2, 0.25) is 0 Å². The molecule has 0 unspecified atom stereocenters. The third-order valence-electron chi connectivity index (χ3n) is 3.97. The third kappa shape index (κ3) is 3.32. The van der Waals surface area contributed by atoms with Gasteiger partial charge in [0.1, 0.15) is 0 Å². The van der Waals surface area contributed by atoms with Gasteiger partial charge in [0.05, 0.1) is 10.5 Å². The largest absolute Gasteiger partial charge is 0.377 e. The number of piperidine rings is 1. The number of nitro benzene ring substituents is 1. The Morgan fingerprint density at radius 3 is 2.48 bits per heavy atom. The molecule has 1 aromatic rings. The van der Waals surface area contributed by atoms with Crippen molar-refractivity contribution < 1.29 is 9.72 Å². The Morgan fingerprint density at radius 1 is 1.33 bits per heavy atom. The molecule has 0 N–H and O–H groups in total. The van der Waals surface area contributed by atoms with Crippen LogP contribution in [0, 0.1) is 16.0 Å². The van der Waals surface area contributed by atoms with Gasteiger partial charge in [0.15, 0.2) is 0 Å². The zero-order chi connectivity index (χ0) is 15.6. The summed E-state index contributed by atoms with van der Waals surface area (Å²) in [4.78, 5) is 26.8. The number of non-ortho nitro benzene ring substituents is 1. The molecule has 1 fully saturated rings. The summed E-state index contributed by atoms with van der Waals surface area (Å²) in [5.74, 6) is 0.516. The lowest BCUT2D eigenvalue weighted by Gasteiger charge is -2.31. The van der Waals surface area contributed by atoms with E-state index >= 15 is 0 Å². The van der Waals surface area contributed by atoms with Crippen molar-refractivity contribution in [3.8, 4) is 0 Å². The Kier molecular flexibility index (Phi) is 4.45. The molecule has 0 radical (unpaired) electrons. The summed E-state index contributed by atoms with van der Waals surface area (Å²) < 4.78 is 0. The Morgan fingerprint density at radius 2 is 1.95 bits per heavy atom. The van der Waals surface area contributed by atoms with Gasteiger partial charge in [-0.1, -0.05) is 6.92 Å². The molecule has 0 aliphatic carbocycles. The molecule has 1 aromatic carbocycles. The van der Waals surface area contributed by atoms with Crippen molar-refractivity contribution in [2.45, 2.75) is 19.8 Å². The van der Waals surface area contributed by atoms with Crippen LogP contribution in [0.4, 0.5) is 11.4 Å². The van der Waals surface area contributed by atoms with Crippen LogP contribution in [0.15, 0.2) is 18.2 Å². The number of anilines is 1. The van der Waals surface area contributed by atoms with Gasteiger partial charge in [-0.2, -0.15) is 0 Å². The van der Waals surface area contributed by atoms with E-state index in [1.54, 1.807) is 11.0 Å². The number of carbonyl (C=O) groups is 1. The predicted octanol–water partition coefficient (Wildman–Crippen LogP) is 2.53. The number of amides is 1. The van der Waals surface area contributed by atoms with E-state index in [1.807, 2.05) is 19.0 Å². The monoisotopic (exact) mass is 291 g/mol. The summed E-state index contributed by atoms with van der Waals surface area (Å²) in [6.45, 7) is 3.62. The van der Waals surface area contributed by atoms with E-state index in [0.29, 0.717) is 17.2 Å². The van der Waals surface area contributed by atoms with Crippen LogP contribution in [0.5, 0.6) is 0 Å². The summed E-state index contributed by atoms with van der Waals surface area (Å²) in [5.41, 5.74) is 1.07. The first-order valence-corrected chi connectivity index (χ1v) is 7.15. The van der Waals surface area contributed by atoms with Crippen molar-refractivity contribution in [1.82, 2.24) is 4.90 Å². The van der Waals surface area contributed by atoms with Gasteiger partial charge < -0.3 is 9.80 Å². The third-order valence-corrected chi connectivity index (χ3v) is 3.97. The summed E-state index contributed by atoms with van der Waals surface area (Å²) in [5, 5.41) is 10.9. The summed E-state index contributed by atoms with van der Waals surface area (Å²) >= 11 is 0. The van der Waals surface area contributed by atoms with Gasteiger partial charge >= 0.3 is 0 Å². The highest BCUT2D eigenvalue weighted by Crippen LogP contribution is 2.27. The molecule has 2 rings (SSSR count). The second-order valence-corrected chi connectivity index (χ2v) is 5.83. The lowest BCUT2D eigenvalue weighted by molar-refractivity contribution is -0.384. The minimum absolute atomic E-state index is 0.0469. The molecule has 1 heterocycles. The van der Waals surface area contributed by atoms with E-state index in [-0.39, 0.29) is 11.6 Å². The fraction of sp³-hybridized carbons (Fsp3) is 0.533. The molecule has 114 valence electrons. The smallest absolute Gasteiger partial charge is 0.270 e. The van der Waals surface area contributed by atoms with E-state index in [1.165, 1.54) is 12.1 Å². The predicted molar refractivity (Wildman–Crippen MR) is 81.7 cm³/mol. The molecular weight excluding hydrogens is 270 g/mol. The molecule has 0 saturated carbocycles. The summed E-state index contributed by atoms with van der Waals surface area (Å²) in [6, 6.07) is 4.46. The van der Waals surface area contributed by atoms with Gasteiger partial charge in [0, 0.05) is 45.0 Å². The highest BCUT2D eigenvalue weighted by Gasteiger charge is 2.25. The van der Waals surface area contributed by atoms with Crippen molar-refractivity contribution in [2.24, 2.45) is 5.92 Å². The van der Waals surface area contributed by atoms with Crippen LogP contribution in [-0.2, 0) is 0 Å². The molecular formula is C15H21N3O3. The van der Waals surface area contributed by atoms with Gasteiger partial charge in [-0.15, -0.1) is 0 Å². The number of carbonyl (C=O) groups excluding carboxylic acids is 1. The van der Waals surface area contributed by atoms with Gasteiger partial charge in [0.2, 0.25) is 0 Å². The van der Waals surface area contributed by atoms with E-state index in [2.05, 4.69) is 6.92 Å². The molecule has 1 aliphatic rings. The van der Waals surface area contributed by atoms with Crippen molar-refractivity contribution in [3.63, 3.8) is 0 Å². The number of rotatable bonds is 3. The van der Waals surface area contributed by atoms with E-state index in [4.69, 9.17) is 0 Å². The Balaban J connectivity index is 2.33. The maximum absolute atomic E-state index is 12.7. The first-order chi connectivity index (χ1) is 9.90. The summed E-state index contributed by atoms with van der Waals surface area (Å²) in [6.07, 6.45) is 1.97. The zero-order valence-corrected chi connectivity index (χ0v) is 12.7. The standard InChI is InChI=1S/C15H21N3O3/c1-11-6-8-17(9-7-11)15(19)13-10-12(18(20)21)4-5-14(13)16(2)3/h4-5,10-11H,6-9H2,1-3H3. The van der Waals surface area contributed by atoms with Crippen molar-refractivity contribution in [3.05, 3.63) is 33.9 Å². The molecule has 0 aromatic heterocycles.